The first-order chi connectivity index (χ1) is 9.01. The minimum absolute atomic E-state index is 0.296. The zero-order valence-electron chi connectivity index (χ0n) is 11.9. The van der Waals surface area contributed by atoms with Gasteiger partial charge in [-0.15, -0.1) is 0 Å². The highest BCUT2D eigenvalue weighted by molar-refractivity contribution is 7.89. The van der Waals surface area contributed by atoms with Gasteiger partial charge in [-0.2, -0.15) is 0 Å². The van der Waals surface area contributed by atoms with Crippen LogP contribution < -0.4 is 9.46 Å². The largest absolute Gasteiger partial charge is 0.494 e. The van der Waals surface area contributed by atoms with Crippen LogP contribution in [0.5, 0.6) is 5.75 Å². The first-order valence-electron chi connectivity index (χ1n) is 6.74. The monoisotopic (exact) mass is 285 g/mol. The van der Waals surface area contributed by atoms with Crippen LogP contribution in [0.2, 0.25) is 0 Å². The second-order valence-electron chi connectivity index (χ2n) is 4.47. The Morgan fingerprint density at radius 3 is 2.53 bits per heavy atom. The molecule has 1 aromatic rings. The second-order valence-corrected chi connectivity index (χ2v) is 6.23. The number of unbranched alkanes of at least 4 members (excludes halogenated alkanes) is 2. The van der Waals surface area contributed by atoms with Crippen molar-refractivity contribution in [3.8, 4) is 5.75 Å². The minimum Gasteiger partial charge on any atom is -0.494 e. The van der Waals surface area contributed by atoms with Crippen molar-refractivity contribution in [1.82, 2.24) is 4.72 Å². The lowest BCUT2D eigenvalue weighted by atomic mass is 10.2. The molecule has 0 bridgehead atoms. The lowest BCUT2D eigenvalue weighted by Crippen LogP contribution is -2.24. The predicted molar refractivity (Wildman–Crippen MR) is 77.1 cm³/mol. The number of aryl methyl sites for hydroxylation is 1. The summed E-state index contributed by atoms with van der Waals surface area (Å²) < 4.78 is 32.2. The van der Waals surface area contributed by atoms with Gasteiger partial charge in [0.1, 0.15) is 5.75 Å². The molecule has 0 atom stereocenters. The fourth-order valence-electron chi connectivity index (χ4n) is 1.77. The van der Waals surface area contributed by atoms with Crippen LogP contribution in [-0.4, -0.2) is 21.6 Å². The lowest BCUT2D eigenvalue weighted by Gasteiger charge is -2.10. The number of ether oxygens (including phenoxy) is 1. The summed E-state index contributed by atoms with van der Waals surface area (Å²) in [6, 6.07) is 4.94. The molecule has 4 nitrogen and oxygen atoms in total. The van der Waals surface area contributed by atoms with Gasteiger partial charge in [-0.1, -0.05) is 19.8 Å². The average molecular weight is 285 g/mol. The zero-order chi connectivity index (χ0) is 14.3. The number of hydrogen-bond acceptors (Lipinski definition) is 3. The molecule has 19 heavy (non-hydrogen) atoms. The molecule has 0 fully saturated rings. The van der Waals surface area contributed by atoms with E-state index >= 15 is 0 Å². The van der Waals surface area contributed by atoms with Crippen LogP contribution in [0.1, 0.15) is 38.7 Å². The van der Waals surface area contributed by atoms with Gasteiger partial charge < -0.3 is 4.74 Å². The smallest absolute Gasteiger partial charge is 0.240 e. The van der Waals surface area contributed by atoms with E-state index < -0.39 is 10.0 Å². The summed E-state index contributed by atoms with van der Waals surface area (Å²) in [6.07, 6.45) is 2.97. The lowest BCUT2D eigenvalue weighted by molar-refractivity contribution is 0.337. The zero-order valence-corrected chi connectivity index (χ0v) is 12.7. The van der Waals surface area contributed by atoms with Gasteiger partial charge in [0.2, 0.25) is 10.0 Å². The Labute approximate surface area is 116 Å². The molecule has 0 aliphatic rings. The third-order valence-corrected chi connectivity index (χ3v) is 4.29. The Morgan fingerprint density at radius 1 is 1.21 bits per heavy atom. The molecular formula is C14H23NO3S. The summed E-state index contributed by atoms with van der Waals surface area (Å²) in [5.74, 6) is 0.729. The summed E-state index contributed by atoms with van der Waals surface area (Å²) in [5.41, 5.74) is 0.832. The van der Waals surface area contributed by atoms with Crippen LogP contribution in [-0.2, 0) is 10.0 Å². The molecule has 5 heteroatoms. The number of hydrogen-bond donors (Lipinski definition) is 1. The maximum atomic E-state index is 12.1. The minimum atomic E-state index is -3.40. The quantitative estimate of drug-likeness (QED) is 0.747. The normalized spacial score (nSPS) is 11.5. The predicted octanol–water partition coefficient (Wildman–Crippen LogP) is 2.86. The van der Waals surface area contributed by atoms with Crippen molar-refractivity contribution in [2.75, 3.05) is 13.2 Å². The molecule has 0 aliphatic carbocycles. The molecule has 0 saturated heterocycles. The highest BCUT2D eigenvalue weighted by Gasteiger charge is 2.14. The topological polar surface area (TPSA) is 55.4 Å². The van der Waals surface area contributed by atoms with Crippen molar-refractivity contribution >= 4 is 10.0 Å². The van der Waals surface area contributed by atoms with Crippen LogP contribution in [0.4, 0.5) is 0 Å². The maximum Gasteiger partial charge on any atom is 0.240 e. The van der Waals surface area contributed by atoms with Gasteiger partial charge in [-0.3, -0.25) is 0 Å². The highest BCUT2D eigenvalue weighted by atomic mass is 32.2. The molecule has 1 rings (SSSR count). The van der Waals surface area contributed by atoms with Gasteiger partial charge in [0.25, 0.3) is 0 Å². The Bertz CT molecular complexity index is 497. The summed E-state index contributed by atoms with van der Waals surface area (Å²) >= 11 is 0. The van der Waals surface area contributed by atoms with Crippen LogP contribution in [0.3, 0.4) is 0 Å². The highest BCUT2D eigenvalue weighted by Crippen LogP contribution is 2.21. The van der Waals surface area contributed by atoms with E-state index in [1.54, 1.807) is 18.2 Å². The summed E-state index contributed by atoms with van der Waals surface area (Å²) in [7, 11) is -3.40. The van der Waals surface area contributed by atoms with E-state index in [2.05, 4.69) is 11.6 Å². The van der Waals surface area contributed by atoms with Gasteiger partial charge in [0.15, 0.2) is 0 Å². The van der Waals surface area contributed by atoms with E-state index in [1.807, 2.05) is 13.8 Å². The number of rotatable bonds is 8. The van der Waals surface area contributed by atoms with Crippen molar-refractivity contribution in [2.24, 2.45) is 0 Å². The fourth-order valence-corrected chi connectivity index (χ4v) is 2.93. The van der Waals surface area contributed by atoms with E-state index in [0.29, 0.717) is 18.0 Å². The summed E-state index contributed by atoms with van der Waals surface area (Å²) in [5, 5.41) is 0. The van der Waals surface area contributed by atoms with Gasteiger partial charge >= 0.3 is 0 Å². The van der Waals surface area contributed by atoms with Crippen molar-refractivity contribution in [3.63, 3.8) is 0 Å². The first kappa shape index (κ1) is 16.0. The first-order valence-corrected chi connectivity index (χ1v) is 8.22. The Morgan fingerprint density at radius 2 is 1.95 bits per heavy atom. The number of nitrogens with one attached hydrogen (secondary N) is 1. The van der Waals surface area contributed by atoms with Crippen LogP contribution >= 0.6 is 0 Å². The van der Waals surface area contributed by atoms with E-state index in [-0.39, 0.29) is 0 Å². The molecule has 0 aromatic heterocycles. The Kier molecular flexibility index (Phi) is 6.31. The molecule has 108 valence electrons. The summed E-state index contributed by atoms with van der Waals surface area (Å²) in [6.45, 7) is 6.90. The van der Waals surface area contributed by atoms with Crippen molar-refractivity contribution in [2.45, 2.75) is 44.9 Å². The maximum absolute atomic E-state index is 12.1. The average Bonchev–Trinajstić information content (AvgIpc) is 2.37. The molecule has 0 spiro atoms. The number of sulfonamides is 1. The van der Waals surface area contributed by atoms with E-state index in [9.17, 15) is 8.42 Å². The molecule has 0 radical (unpaired) electrons. The fraction of sp³-hybridized carbons (Fsp3) is 0.571. The van der Waals surface area contributed by atoms with Crippen LogP contribution in [0, 0.1) is 6.92 Å². The SMILES string of the molecule is CCCCCNS(=O)(=O)c1ccc(OCC)c(C)c1. The van der Waals surface area contributed by atoms with Gasteiger partial charge in [0.05, 0.1) is 11.5 Å². The molecule has 0 amide bonds. The third-order valence-electron chi connectivity index (χ3n) is 2.83. The molecule has 0 aliphatic heterocycles. The van der Waals surface area contributed by atoms with Crippen molar-refractivity contribution < 1.29 is 13.2 Å². The third kappa shape index (κ3) is 4.84. The molecular weight excluding hydrogens is 262 g/mol. The van der Waals surface area contributed by atoms with E-state index in [1.165, 1.54) is 0 Å². The van der Waals surface area contributed by atoms with Crippen molar-refractivity contribution in [3.05, 3.63) is 23.8 Å². The molecule has 0 heterocycles. The second kappa shape index (κ2) is 7.50. The van der Waals surface area contributed by atoms with Crippen molar-refractivity contribution in [1.29, 1.82) is 0 Å². The summed E-state index contributed by atoms with van der Waals surface area (Å²) in [4.78, 5) is 0.296. The van der Waals surface area contributed by atoms with Crippen LogP contribution in [0.25, 0.3) is 0 Å². The van der Waals surface area contributed by atoms with Gasteiger partial charge in [-0.25, -0.2) is 13.1 Å². The molecule has 0 unspecified atom stereocenters. The number of benzene rings is 1. The van der Waals surface area contributed by atoms with Gasteiger partial charge in [0, 0.05) is 6.54 Å². The Balaban J connectivity index is 2.75. The van der Waals surface area contributed by atoms with Gasteiger partial charge in [-0.05, 0) is 44.0 Å². The molecule has 0 saturated carbocycles. The molecule has 1 N–H and O–H groups in total. The van der Waals surface area contributed by atoms with E-state index in [0.717, 1.165) is 30.6 Å². The van der Waals surface area contributed by atoms with E-state index in [4.69, 9.17) is 4.74 Å². The molecule has 1 aromatic carbocycles. The Hall–Kier alpha value is -1.07. The van der Waals surface area contributed by atoms with Crippen LogP contribution in [0.15, 0.2) is 23.1 Å². The standard InChI is InChI=1S/C14H23NO3S/c1-4-6-7-10-15-19(16,17)13-8-9-14(18-5-2)12(3)11-13/h8-9,11,15H,4-7,10H2,1-3H3.